The Labute approximate surface area is 131 Å². The summed E-state index contributed by atoms with van der Waals surface area (Å²) in [7, 11) is 0. The molecule has 0 aliphatic heterocycles. The van der Waals surface area contributed by atoms with Crippen molar-refractivity contribution in [2.75, 3.05) is 6.61 Å². The van der Waals surface area contributed by atoms with E-state index in [1.54, 1.807) is 0 Å². The third-order valence-electron chi connectivity index (χ3n) is 4.63. The predicted octanol–water partition coefficient (Wildman–Crippen LogP) is 3.22. The first-order chi connectivity index (χ1) is 10.7. The standard InChI is InChI=1S/C19H23NO2/c1-13(19(22)20-18(10-11-21)15-7-8-15)16-9-6-14-4-2-3-5-17(14)12-16/h2-6,9,12-13,15,18,21H,7-8,10-11H2,1H3,(H,20,22). The Morgan fingerprint density at radius 1 is 1.23 bits per heavy atom. The number of benzene rings is 2. The van der Waals surface area contributed by atoms with Crippen LogP contribution in [0.3, 0.4) is 0 Å². The third kappa shape index (κ3) is 3.30. The van der Waals surface area contributed by atoms with E-state index in [0.717, 1.165) is 23.8 Å². The van der Waals surface area contributed by atoms with Gasteiger partial charge in [0.1, 0.15) is 0 Å². The van der Waals surface area contributed by atoms with Gasteiger partial charge in [-0.2, -0.15) is 0 Å². The first-order valence-electron chi connectivity index (χ1n) is 8.09. The van der Waals surface area contributed by atoms with Gasteiger partial charge in [-0.3, -0.25) is 4.79 Å². The molecule has 2 aromatic carbocycles. The summed E-state index contributed by atoms with van der Waals surface area (Å²) < 4.78 is 0. The summed E-state index contributed by atoms with van der Waals surface area (Å²) in [5, 5.41) is 14.6. The van der Waals surface area contributed by atoms with E-state index in [0.29, 0.717) is 12.3 Å². The second-order valence-corrected chi connectivity index (χ2v) is 6.29. The van der Waals surface area contributed by atoms with Crippen LogP contribution in [0.5, 0.6) is 0 Å². The number of amides is 1. The Hall–Kier alpha value is -1.87. The molecule has 1 saturated carbocycles. The first kappa shape index (κ1) is 15.0. The minimum absolute atomic E-state index is 0.0561. The molecule has 1 aliphatic rings. The van der Waals surface area contributed by atoms with Gasteiger partial charge in [0, 0.05) is 12.6 Å². The Balaban J connectivity index is 1.73. The fourth-order valence-corrected chi connectivity index (χ4v) is 3.00. The number of fused-ring (bicyclic) bond motifs is 1. The molecule has 3 heteroatoms. The summed E-state index contributed by atoms with van der Waals surface area (Å²) in [6.07, 6.45) is 2.98. The molecule has 0 saturated heterocycles. The summed E-state index contributed by atoms with van der Waals surface area (Å²) in [6, 6.07) is 14.5. The van der Waals surface area contributed by atoms with Crippen LogP contribution in [0.1, 0.15) is 37.7 Å². The molecular weight excluding hydrogens is 274 g/mol. The van der Waals surface area contributed by atoms with E-state index < -0.39 is 0 Å². The fraction of sp³-hybridized carbons (Fsp3) is 0.421. The highest BCUT2D eigenvalue weighted by Crippen LogP contribution is 2.34. The van der Waals surface area contributed by atoms with Crippen molar-refractivity contribution in [3.8, 4) is 0 Å². The normalized spacial score (nSPS) is 17.2. The average Bonchev–Trinajstić information content (AvgIpc) is 3.38. The number of aliphatic hydroxyl groups excluding tert-OH is 1. The molecule has 2 atom stereocenters. The largest absolute Gasteiger partial charge is 0.396 e. The van der Waals surface area contributed by atoms with Gasteiger partial charge in [-0.1, -0.05) is 42.5 Å². The summed E-state index contributed by atoms with van der Waals surface area (Å²) in [5.41, 5.74) is 1.04. The van der Waals surface area contributed by atoms with Crippen molar-refractivity contribution in [1.29, 1.82) is 0 Å². The number of carbonyl (C=O) groups is 1. The van der Waals surface area contributed by atoms with Crippen LogP contribution in [0.2, 0.25) is 0 Å². The maximum absolute atomic E-state index is 12.5. The van der Waals surface area contributed by atoms with Crippen LogP contribution in [0.4, 0.5) is 0 Å². The number of aliphatic hydroxyl groups is 1. The van der Waals surface area contributed by atoms with E-state index >= 15 is 0 Å². The Morgan fingerprint density at radius 2 is 1.95 bits per heavy atom. The molecule has 22 heavy (non-hydrogen) atoms. The van der Waals surface area contributed by atoms with Gasteiger partial charge in [-0.25, -0.2) is 0 Å². The molecule has 3 rings (SSSR count). The average molecular weight is 297 g/mol. The highest BCUT2D eigenvalue weighted by molar-refractivity contribution is 5.87. The zero-order valence-corrected chi connectivity index (χ0v) is 13.0. The molecule has 1 fully saturated rings. The van der Waals surface area contributed by atoms with Gasteiger partial charge in [-0.05, 0) is 48.4 Å². The van der Waals surface area contributed by atoms with E-state index in [1.165, 1.54) is 5.39 Å². The molecule has 0 bridgehead atoms. The number of rotatable bonds is 6. The Kier molecular flexibility index (Phi) is 4.44. The van der Waals surface area contributed by atoms with Crippen molar-refractivity contribution < 1.29 is 9.90 Å². The minimum Gasteiger partial charge on any atom is -0.396 e. The molecule has 1 amide bonds. The lowest BCUT2D eigenvalue weighted by atomic mass is 9.96. The molecule has 3 nitrogen and oxygen atoms in total. The number of nitrogens with one attached hydrogen (secondary N) is 1. The molecule has 0 heterocycles. The van der Waals surface area contributed by atoms with E-state index in [-0.39, 0.29) is 24.5 Å². The lowest BCUT2D eigenvalue weighted by Crippen LogP contribution is -2.39. The molecule has 2 unspecified atom stereocenters. The Bertz CT molecular complexity index is 663. The van der Waals surface area contributed by atoms with Gasteiger partial charge in [0.25, 0.3) is 0 Å². The minimum atomic E-state index is -0.176. The van der Waals surface area contributed by atoms with Crippen molar-refractivity contribution in [1.82, 2.24) is 5.32 Å². The summed E-state index contributed by atoms with van der Waals surface area (Å²) in [5.74, 6) is 0.435. The molecule has 2 aromatic rings. The zero-order valence-electron chi connectivity index (χ0n) is 13.0. The van der Waals surface area contributed by atoms with Gasteiger partial charge in [-0.15, -0.1) is 0 Å². The van der Waals surface area contributed by atoms with E-state index in [1.807, 2.05) is 25.1 Å². The topological polar surface area (TPSA) is 49.3 Å². The van der Waals surface area contributed by atoms with Crippen molar-refractivity contribution in [3.63, 3.8) is 0 Å². The molecule has 0 spiro atoms. The SMILES string of the molecule is CC(C(=O)NC(CCO)C1CC1)c1ccc2ccccc2c1. The highest BCUT2D eigenvalue weighted by atomic mass is 16.3. The van der Waals surface area contributed by atoms with Gasteiger partial charge in [0.05, 0.1) is 5.92 Å². The first-order valence-corrected chi connectivity index (χ1v) is 8.09. The summed E-state index contributed by atoms with van der Waals surface area (Å²) in [6.45, 7) is 2.08. The van der Waals surface area contributed by atoms with Crippen LogP contribution in [0.25, 0.3) is 10.8 Å². The van der Waals surface area contributed by atoms with E-state index in [9.17, 15) is 4.79 Å². The second-order valence-electron chi connectivity index (χ2n) is 6.29. The van der Waals surface area contributed by atoms with Crippen molar-refractivity contribution in [2.24, 2.45) is 5.92 Å². The molecule has 116 valence electrons. The molecule has 0 aromatic heterocycles. The van der Waals surface area contributed by atoms with Gasteiger partial charge in [0.15, 0.2) is 0 Å². The second kappa shape index (κ2) is 6.49. The van der Waals surface area contributed by atoms with Crippen LogP contribution >= 0.6 is 0 Å². The van der Waals surface area contributed by atoms with Crippen LogP contribution in [-0.4, -0.2) is 23.7 Å². The predicted molar refractivity (Wildman–Crippen MR) is 88.7 cm³/mol. The van der Waals surface area contributed by atoms with Gasteiger partial charge in [0.2, 0.25) is 5.91 Å². The monoisotopic (exact) mass is 297 g/mol. The van der Waals surface area contributed by atoms with Crippen molar-refractivity contribution in [2.45, 2.75) is 38.1 Å². The molecule has 2 N–H and O–H groups in total. The van der Waals surface area contributed by atoms with E-state index in [2.05, 4.69) is 29.6 Å². The Morgan fingerprint density at radius 3 is 2.64 bits per heavy atom. The summed E-state index contributed by atoms with van der Waals surface area (Å²) in [4.78, 5) is 12.5. The molecule has 1 aliphatic carbocycles. The number of hydrogen-bond donors (Lipinski definition) is 2. The number of hydrogen-bond acceptors (Lipinski definition) is 2. The maximum Gasteiger partial charge on any atom is 0.227 e. The number of carbonyl (C=O) groups excluding carboxylic acids is 1. The third-order valence-corrected chi connectivity index (χ3v) is 4.63. The van der Waals surface area contributed by atoms with Crippen molar-refractivity contribution >= 4 is 16.7 Å². The quantitative estimate of drug-likeness (QED) is 0.860. The highest BCUT2D eigenvalue weighted by Gasteiger charge is 2.32. The fourth-order valence-electron chi connectivity index (χ4n) is 3.00. The maximum atomic E-state index is 12.5. The van der Waals surface area contributed by atoms with E-state index in [4.69, 9.17) is 5.11 Å². The lowest BCUT2D eigenvalue weighted by molar-refractivity contribution is -0.123. The van der Waals surface area contributed by atoms with Crippen LogP contribution in [-0.2, 0) is 4.79 Å². The summed E-state index contributed by atoms with van der Waals surface area (Å²) >= 11 is 0. The van der Waals surface area contributed by atoms with Crippen LogP contribution in [0.15, 0.2) is 42.5 Å². The zero-order chi connectivity index (χ0) is 15.5. The van der Waals surface area contributed by atoms with Gasteiger partial charge >= 0.3 is 0 Å². The smallest absolute Gasteiger partial charge is 0.227 e. The molecule has 0 radical (unpaired) electrons. The van der Waals surface area contributed by atoms with Crippen molar-refractivity contribution in [3.05, 3.63) is 48.0 Å². The molecular formula is C19H23NO2. The van der Waals surface area contributed by atoms with Crippen LogP contribution in [0, 0.1) is 5.92 Å². The van der Waals surface area contributed by atoms with Crippen LogP contribution < -0.4 is 5.32 Å². The lowest BCUT2D eigenvalue weighted by Gasteiger charge is -2.20. The van der Waals surface area contributed by atoms with Gasteiger partial charge < -0.3 is 10.4 Å².